The Bertz CT molecular complexity index is 371. The van der Waals surface area contributed by atoms with Gasteiger partial charge in [-0.15, -0.1) is 0 Å². The molecule has 0 radical (unpaired) electrons. The molecule has 0 spiro atoms. The van der Waals surface area contributed by atoms with Gasteiger partial charge in [-0.1, -0.05) is 18.2 Å². The van der Waals surface area contributed by atoms with Crippen LogP contribution in [-0.4, -0.2) is 25.4 Å². The van der Waals surface area contributed by atoms with Crippen LogP contribution in [0.4, 0.5) is 5.69 Å². The maximum absolute atomic E-state index is 5.77. The molecule has 1 aliphatic heterocycles. The van der Waals surface area contributed by atoms with Crippen LogP contribution in [0.5, 0.6) is 0 Å². The fourth-order valence-electron chi connectivity index (χ4n) is 2.69. The number of hydrogen-bond donors (Lipinski definition) is 1. The maximum Gasteiger partial charge on any atom is 0.0733 e. The summed E-state index contributed by atoms with van der Waals surface area (Å²) in [6.45, 7) is 4.94. The van der Waals surface area contributed by atoms with E-state index in [9.17, 15) is 0 Å². The highest BCUT2D eigenvalue weighted by Gasteiger charge is 2.24. The minimum atomic E-state index is 0.334. The molecule has 3 nitrogen and oxygen atoms in total. The Balaban J connectivity index is 2.04. The summed E-state index contributed by atoms with van der Waals surface area (Å²) in [7, 11) is 1.73. The number of ether oxygens (including phenoxy) is 2. The fourth-order valence-corrected chi connectivity index (χ4v) is 2.69. The van der Waals surface area contributed by atoms with E-state index in [0.29, 0.717) is 24.9 Å². The smallest absolute Gasteiger partial charge is 0.0733 e. The van der Waals surface area contributed by atoms with E-state index in [1.54, 1.807) is 7.11 Å². The van der Waals surface area contributed by atoms with Crippen molar-refractivity contribution in [3.8, 4) is 0 Å². The Morgan fingerprint density at radius 1 is 1.22 bits per heavy atom. The molecule has 1 aromatic carbocycles. The highest BCUT2D eigenvalue weighted by atomic mass is 16.5. The van der Waals surface area contributed by atoms with Gasteiger partial charge in [-0.05, 0) is 32.8 Å². The van der Waals surface area contributed by atoms with Crippen molar-refractivity contribution in [2.75, 3.05) is 12.4 Å². The second-order valence-corrected chi connectivity index (χ2v) is 5.16. The molecule has 100 valence electrons. The van der Waals surface area contributed by atoms with Crippen LogP contribution in [0.15, 0.2) is 24.3 Å². The van der Waals surface area contributed by atoms with Gasteiger partial charge in [-0.2, -0.15) is 0 Å². The molecule has 0 aliphatic carbocycles. The molecule has 2 atom stereocenters. The molecule has 0 aromatic heterocycles. The summed E-state index contributed by atoms with van der Waals surface area (Å²) in [6, 6.07) is 8.83. The second-order valence-electron chi connectivity index (χ2n) is 5.16. The Labute approximate surface area is 109 Å². The first-order valence-corrected chi connectivity index (χ1v) is 6.68. The maximum atomic E-state index is 5.77. The number of para-hydroxylation sites is 1. The Morgan fingerprint density at radius 3 is 2.56 bits per heavy atom. The zero-order chi connectivity index (χ0) is 13.0. The number of anilines is 1. The number of methoxy groups -OCH3 is 1. The van der Waals surface area contributed by atoms with E-state index >= 15 is 0 Å². The van der Waals surface area contributed by atoms with E-state index in [1.165, 1.54) is 11.3 Å². The van der Waals surface area contributed by atoms with Gasteiger partial charge in [-0.3, -0.25) is 0 Å². The summed E-state index contributed by atoms with van der Waals surface area (Å²) < 4.78 is 11.0. The monoisotopic (exact) mass is 249 g/mol. The largest absolute Gasteiger partial charge is 0.382 e. The van der Waals surface area contributed by atoms with Gasteiger partial charge in [-0.25, -0.2) is 0 Å². The Hall–Kier alpha value is -1.06. The molecule has 0 saturated carbocycles. The first kappa shape index (κ1) is 13.4. The quantitative estimate of drug-likeness (QED) is 0.889. The molecule has 2 rings (SSSR count). The lowest BCUT2D eigenvalue weighted by atomic mass is 9.99. The third kappa shape index (κ3) is 3.47. The Kier molecular flexibility index (Phi) is 4.61. The topological polar surface area (TPSA) is 30.5 Å². The van der Waals surface area contributed by atoms with Crippen LogP contribution in [0, 0.1) is 0 Å². The van der Waals surface area contributed by atoms with E-state index in [1.807, 2.05) is 0 Å². The molecule has 3 heteroatoms. The zero-order valence-electron chi connectivity index (χ0n) is 11.5. The van der Waals surface area contributed by atoms with Crippen molar-refractivity contribution in [2.45, 2.75) is 51.5 Å². The van der Waals surface area contributed by atoms with E-state index in [0.717, 1.165) is 12.8 Å². The SMILES string of the molecule is COCc1ccccc1NC1CC(C)OC(C)C1. The molecule has 0 bridgehead atoms. The molecular formula is C15H23NO2. The van der Waals surface area contributed by atoms with Crippen molar-refractivity contribution in [2.24, 2.45) is 0 Å². The average Bonchev–Trinajstić information content (AvgIpc) is 2.30. The molecule has 1 saturated heterocycles. The first-order chi connectivity index (χ1) is 8.69. The highest BCUT2D eigenvalue weighted by molar-refractivity contribution is 5.51. The van der Waals surface area contributed by atoms with Gasteiger partial charge >= 0.3 is 0 Å². The van der Waals surface area contributed by atoms with Crippen LogP contribution >= 0.6 is 0 Å². The van der Waals surface area contributed by atoms with Gasteiger partial charge in [0.15, 0.2) is 0 Å². The number of hydrogen-bond acceptors (Lipinski definition) is 3. The van der Waals surface area contributed by atoms with E-state index in [2.05, 4.69) is 43.4 Å². The predicted octanol–water partition coefficient (Wildman–Crippen LogP) is 3.20. The summed E-state index contributed by atoms with van der Waals surface area (Å²) in [6.07, 6.45) is 2.79. The number of benzene rings is 1. The van der Waals surface area contributed by atoms with Gasteiger partial charge in [0.25, 0.3) is 0 Å². The average molecular weight is 249 g/mol. The minimum Gasteiger partial charge on any atom is -0.382 e. The van der Waals surface area contributed by atoms with Crippen molar-refractivity contribution in [3.63, 3.8) is 0 Å². The van der Waals surface area contributed by atoms with E-state index in [-0.39, 0.29) is 0 Å². The minimum absolute atomic E-state index is 0.334. The molecule has 2 unspecified atom stereocenters. The van der Waals surface area contributed by atoms with Crippen LogP contribution < -0.4 is 5.32 Å². The zero-order valence-corrected chi connectivity index (χ0v) is 11.5. The lowest BCUT2D eigenvalue weighted by Gasteiger charge is -2.33. The molecule has 1 aromatic rings. The fraction of sp³-hybridized carbons (Fsp3) is 0.600. The highest BCUT2D eigenvalue weighted by Crippen LogP contribution is 2.24. The van der Waals surface area contributed by atoms with Crippen LogP contribution in [0.2, 0.25) is 0 Å². The van der Waals surface area contributed by atoms with E-state index < -0.39 is 0 Å². The number of rotatable bonds is 4. The van der Waals surface area contributed by atoms with Crippen molar-refractivity contribution < 1.29 is 9.47 Å². The normalized spacial score (nSPS) is 28.1. The third-order valence-corrected chi connectivity index (χ3v) is 3.37. The Morgan fingerprint density at radius 2 is 1.89 bits per heavy atom. The van der Waals surface area contributed by atoms with Gasteiger partial charge in [0.1, 0.15) is 0 Å². The van der Waals surface area contributed by atoms with Crippen molar-refractivity contribution in [1.29, 1.82) is 0 Å². The van der Waals surface area contributed by atoms with Crippen LogP contribution in [0.3, 0.4) is 0 Å². The standard InChI is InChI=1S/C15H23NO2/c1-11-8-14(9-12(2)18-11)16-15-7-5-4-6-13(15)10-17-3/h4-7,11-12,14,16H,8-10H2,1-3H3. The van der Waals surface area contributed by atoms with Crippen molar-refractivity contribution in [1.82, 2.24) is 0 Å². The van der Waals surface area contributed by atoms with Gasteiger partial charge in [0, 0.05) is 24.4 Å². The molecule has 1 fully saturated rings. The molecule has 0 amide bonds. The predicted molar refractivity (Wildman–Crippen MR) is 73.8 cm³/mol. The third-order valence-electron chi connectivity index (χ3n) is 3.37. The van der Waals surface area contributed by atoms with Gasteiger partial charge < -0.3 is 14.8 Å². The van der Waals surface area contributed by atoms with Gasteiger partial charge in [0.05, 0.1) is 18.8 Å². The lowest BCUT2D eigenvalue weighted by molar-refractivity contribution is -0.0338. The molecular weight excluding hydrogens is 226 g/mol. The van der Waals surface area contributed by atoms with Crippen LogP contribution in [0.25, 0.3) is 0 Å². The lowest BCUT2D eigenvalue weighted by Crippen LogP contribution is -2.37. The summed E-state index contributed by atoms with van der Waals surface area (Å²) in [5, 5.41) is 3.64. The van der Waals surface area contributed by atoms with Crippen molar-refractivity contribution >= 4 is 5.69 Å². The van der Waals surface area contributed by atoms with E-state index in [4.69, 9.17) is 9.47 Å². The van der Waals surface area contributed by atoms with Crippen LogP contribution in [0.1, 0.15) is 32.3 Å². The summed E-state index contributed by atoms with van der Waals surface area (Å²) in [5.41, 5.74) is 2.40. The summed E-state index contributed by atoms with van der Waals surface area (Å²) in [5.74, 6) is 0. The first-order valence-electron chi connectivity index (χ1n) is 6.68. The molecule has 1 N–H and O–H groups in total. The molecule has 1 aliphatic rings. The van der Waals surface area contributed by atoms with Crippen molar-refractivity contribution in [3.05, 3.63) is 29.8 Å². The molecule has 18 heavy (non-hydrogen) atoms. The second kappa shape index (κ2) is 6.21. The summed E-state index contributed by atoms with van der Waals surface area (Å²) in [4.78, 5) is 0. The molecule has 1 heterocycles. The van der Waals surface area contributed by atoms with Crippen LogP contribution in [-0.2, 0) is 16.1 Å². The van der Waals surface area contributed by atoms with Gasteiger partial charge in [0.2, 0.25) is 0 Å². The number of nitrogens with one attached hydrogen (secondary N) is 1. The summed E-state index contributed by atoms with van der Waals surface area (Å²) >= 11 is 0.